The number of nitriles is 2. The zero-order valence-corrected chi connectivity index (χ0v) is 16.1. The lowest BCUT2D eigenvalue weighted by atomic mass is 9.94. The number of rotatable bonds is 4. The Morgan fingerprint density at radius 2 is 1.89 bits per heavy atom. The number of hydrogen-bond acceptors (Lipinski definition) is 4. The zero-order valence-electron chi connectivity index (χ0n) is 15.3. The molecule has 0 amide bonds. The van der Waals surface area contributed by atoms with Crippen LogP contribution in [0.4, 0.5) is 0 Å². The van der Waals surface area contributed by atoms with E-state index in [2.05, 4.69) is 6.07 Å². The first-order valence-corrected chi connectivity index (χ1v) is 9.97. The molecule has 0 fully saturated rings. The van der Waals surface area contributed by atoms with Crippen molar-refractivity contribution in [3.8, 4) is 12.1 Å². The van der Waals surface area contributed by atoms with E-state index in [0.717, 1.165) is 16.7 Å². The molecule has 2 aromatic carbocycles. The Bertz CT molecular complexity index is 1110. The van der Waals surface area contributed by atoms with Crippen LogP contribution in [0.2, 0.25) is 0 Å². The predicted octanol–water partition coefficient (Wildman–Crippen LogP) is 3.97. The van der Waals surface area contributed by atoms with Gasteiger partial charge >= 0.3 is 5.97 Å². The fraction of sp³-hybridized carbons (Fsp3) is 0.136. The fourth-order valence-electron chi connectivity index (χ4n) is 3.36. The van der Waals surface area contributed by atoms with Gasteiger partial charge in [-0.3, -0.25) is 4.79 Å². The van der Waals surface area contributed by atoms with Crippen molar-refractivity contribution < 1.29 is 14.5 Å². The van der Waals surface area contributed by atoms with E-state index in [-0.39, 0.29) is 6.42 Å². The van der Waals surface area contributed by atoms with Gasteiger partial charge in [0, 0.05) is 5.56 Å². The van der Waals surface area contributed by atoms with Crippen LogP contribution in [0.3, 0.4) is 0 Å². The second-order valence-corrected chi connectivity index (χ2v) is 7.80. The summed E-state index contributed by atoms with van der Waals surface area (Å²) in [5, 5.41) is 28.2. The summed E-state index contributed by atoms with van der Waals surface area (Å²) in [5.41, 5.74) is 4.91. The van der Waals surface area contributed by atoms with Gasteiger partial charge in [-0.25, -0.2) is 0 Å². The summed E-state index contributed by atoms with van der Waals surface area (Å²) in [5.74, 6) is -0.975. The monoisotopic (exact) mass is 388 g/mol. The maximum absolute atomic E-state index is 11.6. The molecule has 0 radical (unpaired) electrons. The molecule has 1 aliphatic carbocycles. The average Bonchev–Trinajstić information content (AvgIpc) is 2.93. The summed E-state index contributed by atoms with van der Waals surface area (Å²) < 4.78 is 11.6. The third kappa shape index (κ3) is 3.57. The van der Waals surface area contributed by atoms with Crippen LogP contribution in [0.1, 0.15) is 41.2 Å². The Morgan fingerprint density at radius 3 is 2.43 bits per heavy atom. The number of allylic oxidation sites excluding steroid dienone is 2. The minimum absolute atomic E-state index is 0.191. The summed E-state index contributed by atoms with van der Waals surface area (Å²) in [4.78, 5) is 12.1. The highest BCUT2D eigenvalue weighted by Crippen LogP contribution is 2.45. The molecule has 1 aliphatic rings. The minimum Gasteiger partial charge on any atom is -0.612 e. The molecular formula is C22H16N2O3S. The lowest BCUT2D eigenvalue weighted by molar-refractivity contribution is -0.135. The van der Waals surface area contributed by atoms with Crippen LogP contribution in [-0.4, -0.2) is 21.9 Å². The van der Waals surface area contributed by atoms with Crippen LogP contribution >= 0.6 is 0 Å². The van der Waals surface area contributed by atoms with Crippen LogP contribution in [-0.2, 0) is 16.0 Å². The van der Waals surface area contributed by atoms with Gasteiger partial charge in [0.25, 0.3) is 0 Å². The molecule has 0 aliphatic heterocycles. The van der Waals surface area contributed by atoms with E-state index < -0.39 is 17.1 Å². The zero-order chi connectivity index (χ0) is 20.4. The fourth-order valence-corrected chi connectivity index (χ4v) is 3.88. The number of fused-ring (bicyclic) bond motifs is 1. The molecule has 1 atom stereocenters. The van der Waals surface area contributed by atoms with Crippen LogP contribution in [0.25, 0.3) is 17.2 Å². The van der Waals surface area contributed by atoms with E-state index >= 15 is 0 Å². The summed E-state index contributed by atoms with van der Waals surface area (Å²) in [6.07, 6.45) is 3.31. The Hall–Kier alpha value is -3.32. The minimum atomic E-state index is -1.07. The molecule has 28 heavy (non-hydrogen) atoms. The van der Waals surface area contributed by atoms with Gasteiger partial charge in [0.05, 0.1) is 29.7 Å². The van der Waals surface area contributed by atoms with E-state index in [0.29, 0.717) is 32.7 Å². The first kappa shape index (κ1) is 19.4. The van der Waals surface area contributed by atoms with Gasteiger partial charge < -0.3 is 9.66 Å². The molecule has 3 rings (SSSR count). The van der Waals surface area contributed by atoms with E-state index in [4.69, 9.17) is 0 Å². The predicted molar refractivity (Wildman–Crippen MR) is 107 cm³/mol. The largest absolute Gasteiger partial charge is 0.612 e. The van der Waals surface area contributed by atoms with E-state index in [1.54, 1.807) is 24.5 Å². The van der Waals surface area contributed by atoms with Gasteiger partial charge in [-0.05, 0) is 88.4 Å². The van der Waals surface area contributed by atoms with Crippen molar-refractivity contribution in [3.05, 3.63) is 69.8 Å². The number of carbonyl (C=O) groups is 1. The summed E-state index contributed by atoms with van der Waals surface area (Å²) in [6.45, 7) is 1.83. The maximum atomic E-state index is 11.6. The maximum Gasteiger partial charge on any atom is 0.307 e. The number of nitrogens with zero attached hydrogens (tertiary/aromatic N) is 2. The third-order valence-electron chi connectivity index (χ3n) is 4.69. The van der Waals surface area contributed by atoms with Crippen molar-refractivity contribution in [2.45, 2.75) is 18.2 Å². The molecule has 0 saturated carbocycles. The SMILES string of the molecule is CC1=C(CC(=O)O)c2cc(C#N)cc(C#N)c2C1=Cc1ccc([S+](C)[O-])cc1. The normalized spacial score (nSPS) is 15.1. The first-order valence-electron chi connectivity index (χ1n) is 8.41. The van der Waals surface area contributed by atoms with Crippen molar-refractivity contribution in [2.24, 2.45) is 0 Å². The first-order chi connectivity index (χ1) is 13.3. The quantitative estimate of drug-likeness (QED) is 0.797. The Labute approximate surface area is 166 Å². The molecule has 5 nitrogen and oxygen atoms in total. The summed E-state index contributed by atoms with van der Waals surface area (Å²) >= 11 is -1.07. The second-order valence-electron chi connectivity index (χ2n) is 6.43. The lowest BCUT2D eigenvalue weighted by Gasteiger charge is -2.08. The molecule has 0 saturated heterocycles. The average molecular weight is 388 g/mol. The van der Waals surface area contributed by atoms with Crippen molar-refractivity contribution >= 4 is 34.4 Å². The summed E-state index contributed by atoms with van der Waals surface area (Å²) in [6, 6.07) is 14.5. The van der Waals surface area contributed by atoms with Crippen molar-refractivity contribution in [2.75, 3.05) is 6.26 Å². The van der Waals surface area contributed by atoms with Crippen LogP contribution in [0.15, 0.2) is 46.9 Å². The molecule has 2 aromatic rings. The standard InChI is InChI=1S/C22H16N2O3S/c1-13-18(10-21(25)26)20-9-15(11-23)7-16(12-24)22(20)19(13)8-14-3-5-17(6-4-14)28(2)27/h3-9H,10H2,1-2H3,(H,25,26). The van der Waals surface area contributed by atoms with Gasteiger partial charge in [-0.2, -0.15) is 10.5 Å². The van der Waals surface area contributed by atoms with Crippen LogP contribution in [0, 0.1) is 22.7 Å². The number of aliphatic carboxylic acids is 1. The molecule has 0 heterocycles. The van der Waals surface area contributed by atoms with Gasteiger partial charge in [-0.1, -0.05) is 0 Å². The smallest absolute Gasteiger partial charge is 0.307 e. The number of benzene rings is 2. The Morgan fingerprint density at radius 1 is 1.21 bits per heavy atom. The van der Waals surface area contributed by atoms with Crippen LogP contribution in [0.5, 0.6) is 0 Å². The molecule has 0 aromatic heterocycles. The number of carboxylic acids is 1. The Balaban J connectivity index is 2.22. The topological polar surface area (TPSA) is 108 Å². The van der Waals surface area contributed by atoms with Gasteiger partial charge in [0.2, 0.25) is 0 Å². The molecule has 1 unspecified atom stereocenters. The third-order valence-corrected chi connectivity index (χ3v) is 5.63. The molecule has 6 heteroatoms. The molecule has 138 valence electrons. The Kier molecular flexibility index (Phi) is 5.37. The molecular weight excluding hydrogens is 372 g/mol. The highest BCUT2D eigenvalue weighted by atomic mass is 32.2. The van der Waals surface area contributed by atoms with Crippen molar-refractivity contribution in [1.29, 1.82) is 10.5 Å². The van der Waals surface area contributed by atoms with Gasteiger partial charge in [-0.15, -0.1) is 0 Å². The van der Waals surface area contributed by atoms with E-state index in [1.807, 2.05) is 31.2 Å². The second kappa shape index (κ2) is 7.74. The highest BCUT2D eigenvalue weighted by Gasteiger charge is 2.28. The van der Waals surface area contributed by atoms with E-state index in [9.17, 15) is 25.0 Å². The molecule has 0 bridgehead atoms. The number of hydrogen-bond donors (Lipinski definition) is 1. The van der Waals surface area contributed by atoms with Gasteiger partial charge in [0.1, 0.15) is 6.26 Å². The highest BCUT2D eigenvalue weighted by molar-refractivity contribution is 7.90. The van der Waals surface area contributed by atoms with Crippen molar-refractivity contribution in [1.82, 2.24) is 0 Å². The van der Waals surface area contributed by atoms with Crippen LogP contribution < -0.4 is 0 Å². The lowest BCUT2D eigenvalue weighted by Crippen LogP contribution is -1.98. The van der Waals surface area contributed by atoms with E-state index in [1.165, 1.54) is 6.07 Å². The molecule has 0 spiro atoms. The summed E-state index contributed by atoms with van der Waals surface area (Å²) in [7, 11) is 0. The van der Waals surface area contributed by atoms with Crippen molar-refractivity contribution in [3.63, 3.8) is 0 Å². The van der Waals surface area contributed by atoms with Gasteiger partial charge in [0.15, 0.2) is 4.90 Å². The molecule has 1 N–H and O–H groups in total. The number of carboxylic acid groups (broad SMARTS) is 1.